The van der Waals surface area contributed by atoms with Crippen LogP contribution < -0.4 is 0 Å². The molecule has 1 N–H and O–H groups in total. The Bertz CT molecular complexity index is 283. The first-order valence-electron chi connectivity index (χ1n) is 4.58. The van der Waals surface area contributed by atoms with Crippen LogP contribution in [0.25, 0.3) is 5.57 Å². The minimum atomic E-state index is 0.971. The summed E-state index contributed by atoms with van der Waals surface area (Å²) in [6.45, 7) is 4.18. The van der Waals surface area contributed by atoms with E-state index in [0.29, 0.717) is 0 Å². The fourth-order valence-corrected chi connectivity index (χ4v) is 1.04. The molecule has 1 aromatic rings. The van der Waals surface area contributed by atoms with Crippen molar-refractivity contribution < 1.29 is 0 Å². The highest BCUT2D eigenvalue weighted by atomic mass is 15.1. The summed E-state index contributed by atoms with van der Waals surface area (Å²) >= 11 is 0. The van der Waals surface area contributed by atoms with E-state index in [1.807, 2.05) is 24.8 Å². The lowest BCUT2D eigenvalue weighted by Crippen LogP contribution is -1.78. The predicted octanol–water partition coefficient (Wildman–Crippen LogP) is 2.64. The smallest absolute Gasteiger partial charge is 0.0563 e. The number of rotatable bonds is 4. The highest BCUT2D eigenvalue weighted by Crippen LogP contribution is 2.15. The summed E-state index contributed by atoms with van der Waals surface area (Å²) < 4.78 is 0. The van der Waals surface area contributed by atoms with Gasteiger partial charge in [0.2, 0.25) is 0 Å². The van der Waals surface area contributed by atoms with E-state index >= 15 is 0 Å². The first-order valence-corrected chi connectivity index (χ1v) is 4.58. The third-order valence-corrected chi connectivity index (χ3v) is 1.77. The molecular formula is C10H15N3. The molecule has 0 aliphatic heterocycles. The van der Waals surface area contributed by atoms with Gasteiger partial charge in [0, 0.05) is 24.2 Å². The summed E-state index contributed by atoms with van der Waals surface area (Å²) in [6.07, 6.45) is 9.44. The first kappa shape index (κ1) is 9.71. The van der Waals surface area contributed by atoms with Gasteiger partial charge in [-0.25, -0.2) is 0 Å². The Morgan fingerprint density at radius 1 is 1.62 bits per heavy atom. The molecule has 0 saturated heterocycles. The lowest BCUT2D eigenvalue weighted by atomic mass is 10.1. The van der Waals surface area contributed by atoms with Crippen LogP contribution in [0.4, 0.5) is 0 Å². The van der Waals surface area contributed by atoms with Gasteiger partial charge in [0.05, 0.1) is 6.20 Å². The van der Waals surface area contributed by atoms with E-state index in [1.165, 1.54) is 5.57 Å². The van der Waals surface area contributed by atoms with E-state index in [0.717, 1.165) is 18.4 Å². The zero-order valence-corrected chi connectivity index (χ0v) is 8.12. The maximum atomic E-state index is 4.19. The van der Waals surface area contributed by atoms with Gasteiger partial charge in [0.15, 0.2) is 0 Å². The van der Waals surface area contributed by atoms with Gasteiger partial charge in [-0.05, 0) is 18.4 Å². The summed E-state index contributed by atoms with van der Waals surface area (Å²) in [5, 5.41) is 6.69. The molecule has 0 radical (unpaired) electrons. The Hall–Kier alpha value is -1.38. The van der Waals surface area contributed by atoms with Crippen LogP contribution in [0.2, 0.25) is 0 Å². The van der Waals surface area contributed by atoms with Crippen molar-refractivity contribution in [3.8, 4) is 0 Å². The predicted molar refractivity (Wildman–Crippen MR) is 55.6 cm³/mol. The van der Waals surface area contributed by atoms with E-state index < -0.39 is 0 Å². The largest absolute Gasteiger partial charge is 0.285 e. The van der Waals surface area contributed by atoms with Crippen LogP contribution in [0, 0.1) is 0 Å². The van der Waals surface area contributed by atoms with Crippen LogP contribution in [-0.2, 0) is 0 Å². The molecule has 1 heterocycles. The molecule has 0 amide bonds. The van der Waals surface area contributed by atoms with Crippen LogP contribution >= 0.6 is 0 Å². The molecule has 0 bridgehead atoms. The number of hydrogen-bond acceptors (Lipinski definition) is 2. The molecule has 0 aliphatic rings. The third kappa shape index (κ3) is 2.86. The summed E-state index contributed by atoms with van der Waals surface area (Å²) in [5.74, 6) is 0. The lowest BCUT2D eigenvalue weighted by Gasteiger charge is -1.96. The Morgan fingerprint density at radius 2 is 2.46 bits per heavy atom. The molecular weight excluding hydrogens is 162 g/mol. The first-order chi connectivity index (χ1) is 6.38. The second-order valence-corrected chi connectivity index (χ2v) is 2.73. The molecule has 0 unspecified atom stereocenters. The molecule has 0 spiro atoms. The topological polar surface area (TPSA) is 41.0 Å². The van der Waals surface area contributed by atoms with Gasteiger partial charge in [0.1, 0.15) is 0 Å². The van der Waals surface area contributed by atoms with Gasteiger partial charge < -0.3 is 0 Å². The summed E-state index contributed by atoms with van der Waals surface area (Å²) in [5.41, 5.74) is 2.33. The van der Waals surface area contributed by atoms with Crippen molar-refractivity contribution in [3.05, 3.63) is 24.2 Å². The number of hydrogen-bond donors (Lipinski definition) is 1. The Morgan fingerprint density at radius 3 is 3.00 bits per heavy atom. The summed E-state index contributed by atoms with van der Waals surface area (Å²) in [6, 6.07) is 0. The van der Waals surface area contributed by atoms with Gasteiger partial charge in [0.25, 0.3) is 0 Å². The fraction of sp³-hybridized carbons (Fsp3) is 0.400. The van der Waals surface area contributed by atoms with Crippen molar-refractivity contribution in [1.29, 1.82) is 0 Å². The maximum absolute atomic E-state index is 4.19. The van der Waals surface area contributed by atoms with Crippen molar-refractivity contribution in [2.45, 2.75) is 26.7 Å². The van der Waals surface area contributed by atoms with Crippen LogP contribution in [0.3, 0.4) is 0 Å². The Kier molecular flexibility index (Phi) is 3.96. The normalized spacial score (nSPS) is 12.6. The molecule has 3 nitrogen and oxygen atoms in total. The number of aromatic nitrogens is 2. The van der Waals surface area contributed by atoms with Gasteiger partial charge >= 0.3 is 0 Å². The van der Waals surface area contributed by atoms with Crippen LogP contribution in [-0.4, -0.2) is 16.4 Å². The second kappa shape index (κ2) is 5.30. The molecule has 0 atom stereocenters. The number of nitrogens with one attached hydrogen (secondary N) is 1. The van der Waals surface area contributed by atoms with Gasteiger partial charge in [-0.15, -0.1) is 0 Å². The van der Waals surface area contributed by atoms with Crippen molar-refractivity contribution in [2.24, 2.45) is 4.99 Å². The highest BCUT2D eigenvalue weighted by Gasteiger charge is 1.98. The van der Waals surface area contributed by atoms with E-state index in [4.69, 9.17) is 0 Å². The molecule has 1 aromatic heterocycles. The molecule has 1 rings (SSSR count). The number of aromatic amines is 1. The van der Waals surface area contributed by atoms with Crippen LogP contribution in [0.1, 0.15) is 32.3 Å². The number of aliphatic imine (C=N–C) groups is 1. The minimum Gasteiger partial charge on any atom is -0.285 e. The fourth-order valence-electron chi connectivity index (χ4n) is 1.04. The van der Waals surface area contributed by atoms with Crippen LogP contribution in [0.5, 0.6) is 0 Å². The zero-order chi connectivity index (χ0) is 9.52. The van der Waals surface area contributed by atoms with Gasteiger partial charge in [-0.3, -0.25) is 10.1 Å². The van der Waals surface area contributed by atoms with Crippen molar-refractivity contribution in [3.63, 3.8) is 0 Å². The van der Waals surface area contributed by atoms with Crippen molar-refractivity contribution in [2.75, 3.05) is 0 Å². The van der Waals surface area contributed by atoms with Crippen molar-refractivity contribution in [1.82, 2.24) is 10.2 Å². The Balaban J connectivity index is 2.73. The minimum absolute atomic E-state index is 0.971. The van der Waals surface area contributed by atoms with Gasteiger partial charge in [-0.1, -0.05) is 13.8 Å². The molecule has 3 heteroatoms. The highest BCUT2D eigenvalue weighted by molar-refractivity contribution is 5.66. The quantitative estimate of drug-likeness (QED) is 0.706. The molecule has 13 heavy (non-hydrogen) atoms. The molecule has 0 saturated carbocycles. The molecule has 0 aromatic carbocycles. The van der Waals surface area contributed by atoms with E-state index in [9.17, 15) is 0 Å². The summed E-state index contributed by atoms with van der Waals surface area (Å²) in [7, 11) is 0. The number of nitrogens with zero attached hydrogens (tertiary/aromatic N) is 2. The SMILES string of the molecule is CCC=N/C=C(\CC)c1cn[nH]c1. The summed E-state index contributed by atoms with van der Waals surface area (Å²) in [4.78, 5) is 4.19. The second-order valence-electron chi connectivity index (χ2n) is 2.73. The average molecular weight is 177 g/mol. The zero-order valence-electron chi connectivity index (χ0n) is 8.12. The standard InChI is InChI=1S/C10H15N3/c1-3-5-11-6-9(4-2)10-7-12-13-8-10/h5-8H,3-4H2,1-2H3,(H,12,13)/b9-6+,11-5?. The van der Waals surface area contributed by atoms with Gasteiger partial charge in [-0.2, -0.15) is 5.10 Å². The maximum Gasteiger partial charge on any atom is 0.0563 e. The van der Waals surface area contributed by atoms with E-state index in [2.05, 4.69) is 29.0 Å². The molecule has 0 fully saturated rings. The van der Waals surface area contributed by atoms with Crippen LogP contribution in [0.15, 0.2) is 23.6 Å². The van der Waals surface area contributed by atoms with E-state index in [-0.39, 0.29) is 0 Å². The number of allylic oxidation sites excluding steroid dienone is 1. The van der Waals surface area contributed by atoms with Crippen molar-refractivity contribution >= 4 is 11.8 Å². The Labute approximate surface area is 78.6 Å². The average Bonchev–Trinajstić information content (AvgIpc) is 2.65. The monoisotopic (exact) mass is 177 g/mol. The molecule has 70 valence electrons. The molecule has 0 aliphatic carbocycles. The lowest BCUT2D eigenvalue weighted by molar-refractivity contribution is 1.09. The third-order valence-electron chi connectivity index (χ3n) is 1.77. The number of H-pyrrole nitrogens is 1. The van der Waals surface area contributed by atoms with E-state index in [1.54, 1.807) is 0 Å².